The Morgan fingerprint density at radius 1 is 1.13 bits per heavy atom. The van der Waals surface area contributed by atoms with Crippen LogP contribution in [0.15, 0.2) is 40.1 Å². The Morgan fingerprint density at radius 3 is 2.47 bits per heavy atom. The van der Waals surface area contributed by atoms with Crippen LogP contribution in [0.2, 0.25) is 0 Å². The molecule has 1 N–H and O–H groups in total. The number of ether oxygens (including phenoxy) is 1. The van der Waals surface area contributed by atoms with Gasteiger partial charge in [-0.2, -0.15) is 4.98 Å². The van der Waals surface area contributed by atoms with Crippen LogP contribution in [-0.2, 0) is 13.6 Å². The second kappa shape index (κ2) is 7.83. The number of nitrogens with one attached hydrogen (secondary N) is 1. The van der Waals surface area contributed by atoms with E-state index < -0.39 is 11.2 Å². The lowest BCUT2D eigenvalue weighted by Gasteiger charge is -2.19. The van der Waals surface area contributed by atoms with Crippen LogP contribution in [0.3, 0.4) is 0 Å². The van der Waals surface area contributed by atoms with Crippen molar-refractivity contribution in [1.29, 1.82) is 0 Å². The van der Waals surface area contributed by atoms with Gasteiger partial charge in [0.2, 0.25) is 5.78 Å². The molecule has 9 nitrogen and oxygen atoms in total. The van der Waals surface area contributed by atoms with Gasteiger partial charge in [-0.15, -0.1) is 0 Å². The number of aromatic amines is 1. The van der Waals surface area contributed by atoms with Crippen molar-refractivity contribution in [2.24, 2.45) is 7.05 Å². The maximum absolute atomic E-state index is 12.6. The zero-order chi connectivity index (χ0) is 21.4. The van der Waals surface area contributed by atoms with E-state index in [0.717, 1.165) is 36.6 Å². The second-order valence-electron chi connectivity index (χ2n) is 7.19. The largest absolute Gasteiger partial charge is 0.497 e. The molecule has 0 aliphatic carbocycles. The fraction of sp³-hybridized carbons (Fsp3) is 0.381. The number of methoxy groups -OCH3 is 1. The second-order valence-corrected chi connectivity index (χ2v) is 7.19. The lowest BCUT2D eigenvalue weighted by molar-refractivity contribution is 0.292. The van der Waals surface area contributed by atoms with Crippen LogP contribution in [0.1, 0.15) is 13.8 Å². The number of aromatic nitrogens is 5. The minimum absolute atomic E-state index is 0.364. The molecule has 1 aromatic carbocycles. The summed E-state index contributed by atoms with van der Waals surface area (Å²) in [5, 5.41) is 0. The predicted molar refractivity (Wildman–Crippen MR) is 116 cm³/mol. The average molecular weight is 410 g/mol. The molecule has 0 amide bonds. The molecule has 0 saturated carbocycles. The highest BCUT2D eigenvalue weighted by atomic mass is 16.5. The lowest BCUT2D eigenvalue weighted by atomic mass is 10.1. The van der Waals surface area contributed by atoms with Crippen molar-refractivity contribution in [3.8, 4) is 17.0 Å². The van der Waals surface area contributed by atoms with E-state index in [-0.39, 0.29) is 0 Å². The van der Waals surface area contributed by atoms with Gasteiger partial charge in [-0.25, -0.2) is 4.79 Å². The first kappa shape index (κ1) is 20.0. The van der Waals surface area contributed by atoms with Crippen LogP contribution in [0.5, 0.6) is 5.75 Å². The van der Waals surface area contributed by atoms with Crippen molar-refractivity contribution in [3.63, 3.8) is 0 Å². The number of benzene rings is 1. The van der Waals surface area contributed by atoms with E-state index in [1.807, 2.05) is 30.5 Å². The molecule has 30 heavy (non-hydrogen) atoms. The molecule has 0 unspecified atom stereocenters. The zero-order valence-electron chi connectivity index (χ0n) is 17.7. The Labute approximate surface area is 173 Å². The quantitative estimate of drug-likeness (QED) is 0.501. The standard InChI is InChI=1S/C21H26N6O3/c1-5-25(6-2)11-12-26-16(14-7-9-15(30-4)10-8-14)13-27-17-18(22-20(26)27)24(3)21(29)23-19(17)28/h7-10,13H,5-6,11-12H2,1-4H3,(H,23,28,29). The molecule has 3 aromatic heterocycles. The Morgan fingerprint density at radius 2 is 1.83 bits per heavy atom. The van der Waals surface area contributed by atoms with Crippen LogP contribution < -0.4 is 16.0 Å². The Kier molecular flexibility index (Phi) is 5.21. The van der Waals surface area contributed by atoms with Gasteiger partial charge in [0.05, 0.1) is 12.8 Å². The third-order valence-corrected chi connectivity index (χ3v) is 5.64. The number of imidazole rings is 2. The fourth-order valence-corrected chi connectivity index (χ4v) is 3.80. The summed E-state index contributed by atoms with van der Waals surface area (Å²) in [7, 11) is 3.25. The van der Waals surface area contributed by atoms with E-state index in [0.29, 0.717) is 23.5 Å². The smallest absolute Gasteiger partial charge is 0.329 e. The highest BCUT2D eigenvalue weighted by Crippen LogP contribution is 2.27. The van der Waals surface area contributed by atoms with E-state index in [4.69, 9.17) is 4.74 Å². The van der Waals surface area contributed by atoms with Crippen molar-refractivity contribution >= 4 is 16.9 Å². The summed E-state index contributed by atoms with van der Waals surface area (Å²) in [4.78, 5) is 33.9. The third kappa shape index (κ3) is 3.21. The van der Waals surface area contributed by atoms with Gasteiger partial charge in [0.25, 0.3) is 5.56 Å². The highest BCUT2D eigenvalue weighted by Gasteiger charge is 2.20. The molecule has 0 aliphatic rings. The maximum Gasteiger partial charge on any atom is 0.329 e. The Bertz CT molecular complexity index is 1310. The topological polar surface area (TPSA) is 89.6 Å². The Balaban J connectivity index is 1.95. The fourth-order valence-electron chi connectivity index (χ4n) is 3.80. The van der Waals surface area contributed by atoms with Gasteiger partial charge in [-0.3, -0.25) is 18.7 Å². The summed E-state index contributed by atoms with van der Waals surface area (Å²) < 4.78 is 10.5. The van der Waals surface area contributed by atoms with Gasteiger partial charge in [0, 0.05) is 31.9 Å². The first-order valence-electron chi connectivity index (χ1n) is 10.1. The molecule has 0 fully saturated rings. The maximum atomic E-state index is 12.6. The number of fused-ring (bicyclic) bond motifs is 3. The van der Waals surface area contributed by atoms with E-state index in [1.165, 1.54) is 4.57 Å². The summed E-state index contributed by atoms with van der Waals surface area (Å²) in [6.45, 7) is 7.73. The number of likely N-dealkylation sites (N-methyl/N-ethyl adjacent to an activating group) is 1. The Hall–Kier alpha value is -3.33. The van der Waals surface area contributed by atoms with Crippen molar-refractivity contribution in [2.45, 2.75) is 20.4 Å². The normalized spacial score (nSPS) is 11.8. The summed E-state index contributed by atoms with van der Waals surface area (Å²) in [5.74, 6) is 1.41. The van der Waals surface area contributed by atoms with E-state index in [2.05, 4.69) is 33.3 Å². The number of nitrogens with zero attached hydrogens (tertiary/aromatic N) is 5. The van der Waals surface area contributed by atoms with Crippen LogP contribution in [0.4, 0.5) is 0 Å². The van der Waals surface area contributed by atoms with Crippen LogP contribution >= 0.6 is 0 Å². The zero-order valence-corrected chi connectivity index (χ0v) is 17.7. The van der Waals surface area contributed by atoms with Gasteiger partial charge < -0.3 is 14.2 Å². The lowest BCUT2D eigenvalue weighted by Crippen LogP contribution is -2.28. The molecule has 0 radical (unpaired) electrons. The first-order valence-corrected chi connectivity index (χ1v) is 10.1. The number of hydrogen-bond acceptors (Lipinski definition) is 5. The molecular weight excluding hydrogens is 384 g/mol. The van der Waals surface area contributed by atoms with Crippen LogP contribution in [-0.4, -0.2) is 55.1 Å². The molecule has 4 aromatic rings. The molecule has 9 heteroatoms. The van der Waals surface area contributed by atoms with Gasteiger partial charge in [0.15, 0.2) is 11.2 Å². The van der Waals surface area contributed by atoms with Crippen LogP contribution in [0, 0.1) is 0 Å². The summed E-state index contributed by atoms with van der Waals surface area (Å²) in [5.41, 5.74) is 1.76. The van der Waals surface area contributed by atoms with Gasteiger partial charge >= 0.3 is 5.69 Å². The van der Waals surface area contributed by atoms with Crippen LogP contribution in [0.25, 0.3) is 28.2 Å². The van der Waals surface area contributed by atoms with Gasteiger partial charge in [-0.05, 0) is 37.4 Å². The van der Waals surface area contributed by atoms with Crippen molar-refractivity contribution in [1.82, 2.24) is 28.4 Å². The van der Waals surface area contributed by atoms with Gasteiger partial charge in [-0.1, -0.05) is 13.8 Å². The molecule has 0 bridgehead atoms. The SMILES string of the molecule is CCN(CC)CCn1c(-c2ccc(OC)cc2)cn2c3c(=O)[nH]c(=O)n(C)c3nc12. The summed E-state index contributed by atoms with van der Waals surface area (Å²) in [6, 6.07) is 7.80. The molecule has 0 aliphatic heterocycles. The minimum Gasteiger partial charge on any atom is -0.497 e. The van der Waals surface area contributed by atoms with Crippen molar-refractivity contribution in [3.05, 3.63) is 51.3 Å². The summed E-state index contributed by atoms with van der Waals surface area (Å²) >= 11 is 0. The number of hydrogen-bond donors (Lipinski definition) is 1. The first-order chi connectivity index (χ1) is 14.5. The van der Waals surface area contributed by atoms with Crippen molar-refractivity contribution in [2.75, 3.05) is 26.7 Å². The van der Waals surface area contributed by atoms with Crippen molar-refractivity contribution < 1.29 is 4.74 Å². The van der Waals surface area contributed by atoms with E-state index in [9.17, 15) is 9.59 Å². The molecule has 3 heterocycles. The molecule has 0 saturated heterocycles. The van der Waals surface area contributed by atoms with E-state index >= 15 is 0 Å². The number of rotatable bonds is 7. The monoisotopic (exact) mass is 410 g/mol. The molecule has 4 rings (SSSR count). The third-order valence-electron chi connectivity index (χ3n) is 5.64. The highest BCUT2D eigenvalue weighted by molar-refractivity contribution is 5.78. The van der Waals surface area contributed by atoms with Gasteiger partial charge in [0.1, 0.15) is 5.75 Å². The van der Waals surface area contributed by atoms with E-state index in [1.54, 1.807) is 18.6 Å². The number of H-pyrrole nitrogens is 1. The molecule has 0 atom stereocenters. The average Bonchev–Trinajstić information content (AvgIpc) is 3.30. The molecule has 0 spiro atoms. The molecular formula is C21H26N6O3. The molecule has 158 valence electrons. The number of aryl methyl sites for hydroxylation is 1. The predicted octanol–water partition coefficient (Wildman–Crippen LogP) is 1.69. The minimum atomic E-state index is -0.474. The summed E-state index contributed by atoms with van der Waals surface area (Å²) in [6.07, 6.45) is 1.91.